The van der Waals surface area contributed by atoms with Crippen molar-refractivity contribution in [2.45, 2.75) is 20.0 Å². The SMILES string of the molecule is CCc1ccc(-c2nc(C(=O)OCc3cc(=O)oc4cc(O)ccc34)cs2)cc1. The molecule has 0 spiro atoms. The fourth-order valence-corrected chi connectivity index (χ4v) is 3.73. The third-order valence-electron chi connectivity index (χ3n) is 4.50. The van der Waals surface area contributed by atoms with E-state index in [2.05, 4.69) is 11.9 Å². The van der Waals surface area contributed by atoms with E-state index in [0.717, 1.165) is 17.0 Å². The van der Waals surface area contributed by atoms with Gasteiger partial charge >= 0.3 is 11.6 Å². The molecule has 0 fully saturated rings. The monoisotopic (exact) mass is 407 g/mol. The smallest absolute Gasteiger partial charge is 0.358 e. The summed E-state index contributed by atoms with van der Waals surface area (Å²) in [6.45, 7) is 1.98. The number of benzene rings is 2. The Kier molecular flexibility index (Phi) is 5.14. The number of fused-ring (bicyclic) bond motifs is 1. The maximum atomic E-state index is 12.4. The Bertz CT molecular complexity index is 1240. The highest BCUT2D eigenvalue weighted by molar-refractivity contribution is 7.13. The molecule has 0 aliphatic heterocycles. The summed E-state index contributed by atoms with van der Waals surface area (Å²) in [6.07, 6.45) is 0.960. The topological polar surface area (TPSA) is 89.6 Å². The largest absolute Gasteiger partial charge is 0.508 e. The fraction of sp³-hybridized carbons (Fsp3) is 0.136. The van der Waals surface area contributed by atoms with Gasteiger partial charge < -0.3 is 14.3 Å². The van der Waals surface area contributed by atoms with Gasteiger partial charge in [0.1, 0.15) is 22.9 Å². The van der Waals surface area contributed by atoms with E-state index in [-0.39, 0.29) is 23.6 Å². The van der Waals surface area contributed by atoms with E-state index < -0.39 is 11.6 Å². The first-order valence-electron chi connectivity index (χ1n) is 9.01. The molecule has 146 valence electrons. The molecule has 0 atom stereocenters. The maximum absolute atomic E-state index is 12.4. The summed E-state index contributed by atoms with van der Waals surface area (Å²) < 4.78 is 10.4. The van der Waals surface area contributed by atoms with Crippen molar-refractivity contribution in [2.75, 3.05) is 0 Å². The van der Waals surface area contributed by atoms with Crippen LogP contribution in [0.3, 0.4) is 0 Å². The molecule has 0 saturated carbocycles. The Morgan fingerprint density at radius 1 is 1.17 bits per heavy atom. The van der Waals surface area contributed by atoms with Crippen LogP contribution >= 0.6 is 11.3 Å². The van der Waals surface area contributed by atoms with Crippen LogP contribution in [-0.2, 0) is 17.8 Å². The molecule has 2 aromatic carbocycles. The van der Waals surface area contributed by atoms with Crippen LogP contribution in [0.25, 0.3) is 21.5 Å². The van der Waals surface area contributed by atoms with Gasteiger partial charge in [0.25, 0.3) is 0 Å². The zero-order chi connectivity index (χ0) is 20.4. The zero-order valence-electron chi connectivity index (χ0n) is 15.5. The minimum atomic E-state index is -0.583. The highest BCUT2D eigenvalue weighted by Crippen LogP contribution is 2.25. The Morgan fingerprint density at radius 2 is 1.97 bits per heavy atom. The predicted octanol–water partition coefficient (Wildman–Crippen LogP) is 4.54. The number of nitrogens with zero attached hydrogens (tertiary/aromatic N) is 1. The summed E-state index contributed by atoms with van der Waals surface area (Å²) >= 11 is 1.37. The van der Waals surface area contributed by atoms with E-state index in [1.807, 2.05) is 24.3 Å². The normalized spacial score (nSPS) is 10.9. The van der Waals surface area contributed by atoms with Gasteiger partial charge in [-0.1, -0.05) is 31.2 Å². The quantitative estimate of drug-likeness (QED) is 0.386. The second-order valence-corrected chi connectivity index (χ2v) is 7.29. The van der Waals surface area contributed by atoms with Crippen LogP contribution in [0.1, 0.15) is 28.5 Å². The minimum absolute atomic E-state index is 0.0169. The molecule has 2 aromatic heterocycles. The van der Waals surface area contributed by atoms with Crippen molar-refractivity contribution in [1.29, 1.82) is 0 Å². The molecular formula is C22H17NO5S. The molecule has 0 radical (unpaired) electrons. The number of hydrogen-bond acceptors (Lipinski definition) is 7. The lowest BCUT2D eigenvalue weighted by atomic mass is 10.1. The van der Waals surface area contributed by atoms with Crippen molar-refractivity contribution in [3.63, 3.8) is 0 Å². The summed E-state index contributed by atoms with van der Waals surface area (Å²) in [5.74, 6) is -0.588. The van der Waals surface area contributed by atoms with Crippen molar-refractivity contribution in [3.8, 4) is 16.3 Å². The second kappa shape index (κ2) is 7.89. The summed E-state index contributed by atoms with van der Waals surface area (Å²) in [4.78, 5) is 28.5. The van der Waals surface area contributed by atoms with E-state index in [1.54, 1.807) is 11.4 Å². The summed E-state index contributed by atoms with van der Waals surface area (Å²) in [6, 6.07) is 13.8. The van der Waals surface area contributed by atoms with Crippen molar-refractivity contribution in [1.82, 2.24) is 4.98 Å². The Hall–Kier alpha value is -3.45. The number of carbonyl (C=O) groups excluding carboxylic acids is 1. The maximum Gasteiger partial charge on any atom is 0.358 e. The second-order valence-electron chi connectivity index (χ2n) is 6.44. The summed E-state index contributed by atoms with van der Waals surface area (Å²) in [5, 5.41) is 12.5. The van der Waals surface area contributed by atoms with Crippen molar-refractivity contribution >= 4 is 28.3 Å². The first-order chi connectivity index (χ1) is 14.0. The zero-order valence-corrected chi connectivity index (χ0v) is 16.4. The highest BCUT2D eigenvalue weighted by atomic mass is 32.1. The molecule has 0 unspecified atom stereocenters. The van der Waals surface area contributed by atoms with E-state index in [0.29, 0.717) is 10.9 Å². The van der Waals surface area contributed by atoms with Gasteiger partial charge in [-0.15, -0.1) is 11.3 Å². The van der Waals surface area contributed by atoms with Gasteiger partial charge in [-0.25, -0.2) is 14.6 Å². The van der Waals surface area contributed by atoms with E-state index in [9.17, 15) is 14.7 Å². The number of esters is 1. The number of rotatable bonds is 5. The molecule has 0 aliphatic rings. The lowest BCUT2D eigenvalue weighted by Crippen LogP contribution is -2.08. The third kappa shape index (κ3) is 4.05. The average Bonchev–Trinajstić information content (AvgIpc) is 3.21. The molecule has 0 saturated heterocycles. The molecule has 0 aliphatic carbocycles. The van der Waals surface area contributed by atoms with Crippen LogP contribution in [0.5, 0.6) is 5.75 Å². The number of aryl methyl sites for hydroxylation is 1. The van der Waals surface area contributed by atoms with E-state index in [1.165, 1.54) is 35.1 Å². The number of carbonyl (C=O) groups is 1. The number of thiazole rings is 1. The standard InChI is InChI=1S/C22H17NO5S/c1-2-13-3-5-14(6-4-13)21-23-18(12-29-21)22(26)27-11-15-9-20(25)28-19-10-16(24)7-8-17(15)19/h3-10,12,24H,2,11H2,1H3. The number of aromatic hydroxyl groups is 1. The number of hydrogen-bond donors (Lipinski definition) is 1. The number of phenolic OH excluding ortho intramolecular Hbond substituents is 1. The summed E-state index contributed by atoms with van der Waals surface area (Å²) in [5.41, 5.74) is 2.54. The molecule has 2 heterocycles. The first kappa shape index (κ1) is 18.9. The van der Waals surface area contributed by atoms with Gasteiger partial charge in [0, 0.05) is 34.0 Å². The number of ether oxygens (including phenoxy) is 1. The Balaban J connectivity index is 1.51. The molecular weight excluding hydrogens is 390 g/mol. The molecule has 0 amide bonds. The van der Waals surface area contributed by atoms with Gasteiger partial charge in [0.15, 0.2) is 5.69 Å². The van der Waals surface area contributed by atoms with Gasteiger partial charge in [0.05, 0.1) is 0 Å². The van der Waals surface area contributed by atoms with Gasteiger partial charge in [-0.05, 0) is 24.1 Å². The van der Waals surface area contributed by atoms with Gasteiger partial charge in [0.2, 0.25) is 0 Å². The molecule has 0 bridgehead atoms. The van der Waals surface area contributed by atoms with Crippen LogP contribution < -0.4 is 5.63 Å². The van der Waals surface area contributed by atoms with Gasteiger partial charge in [-0.2, -0.15) is 0 Å². The molecule has 7 heteroatoms. The first-order valence-corrected chi connectivity index (χ1v) is 9.89. The van der Waals surface area contributed by atoms with Crippen LogP contribution in [0.4, 0.5) is 0 Å². The Labute approximate surface area is 170 Å². The fourth-order valence-electron chi connectivity index (χ4n) is 2.94. The minimum Gasteiger partial charge on any atom is -0.508 e. The molecule has 1 N–H and O–H groups in total. The van der Waals surface area contributed by atoms with Crippen LogP contribution in [0.15, 0.2) is 63.1 Å². The van der Waals surface area contributed by atoms with E-state index >= 15 is 0 Å². The molecule has 4 aromatic rings. The molecule has 29 heavy (non-hydrogen) atoms. The lowest BCUT2D eigenvalue weighted by Gasteiger charge is -2.06. The third-order valence-corrected chi connectivity index (χ3v) is 5.39. The van der Waals surface area contributed by atoms with Crippen LogP contribution in [0, 0.1) is 0 Å². The lowest BCUT2D eigenvalue weighted by molar-refractivity contribution is 0.0468. The van der Waals surface area contributed by atoms with Crippen molar-refractivity contribution < 1.29 is 19.1 Å². The van der Waals surface area contributed by atoms with Crippen molar-refractivity contribution in [3.05, 3.63) is 81.2 Å². The Morgan fingerprint density at radius 3 is 2.72 bits per heavy atom. The van der Waals surface area contributed by atoms with Crippen LogP contribution in [0.2, 0.25) is 0 Å². The van der Waals surface area contributed by atoms with Gasteiger partial charge in [-0.3, -0.25) is 0 Å². The molecule has 4 rings (SSSR count). The highest BCUT2D eigenvalue weighted by Gasteiger charge is 2.15. The number of aromatic nitrogens is 1. The van der Waals surface area contributed by atoms with Crippen molar-refractivity contribution in [2.24, 2.45) is 0 Å². The summed E-state index contributed by atoms with van der Waals surface area (Å²) in [7, 11) is 0. The average molecular weight is 407 g/mol. The number of phenols is 1. The molecule has 6 nitrogen and oxygen atoms in total. The van der Waals surface area contributed by atoms with E-state index in [4.69, 9.17) is 9.15 Å². The van der Waals surface area contributed by atoms with Crippen LogP contribution in [-0.4, -0.2) is 16.1 Å². The predicted molar refractivity (Wildman–Crippen MR) is 110 cm³/mol.